The van der Waals surface area contributed by atoms with Crippen LogP contribution in [0.3, 0.4) is 0 Å². The van der Waals surface area contributed by atoms with Gasteiger partial charge < -0.3 is 10.3 Å². The van der Waals surface area contributed by atoms with Crippen LogP contribution in [0.2, 0.25) is 0 Å². The fourth-order valence-corrected chi connectivity index (χ4v) is 3.57. The molecule has 1 unspecified atom stereocenters. The minimum absolute atomic E-state index is 0.0582. The van der Waals surface area contributed by atoms with Crippen molar-refractivity contribution in [1.82, 2.24) is 24.9 Å². The quantitative estimate of drug-likeness (QED) is 0.442. The highest BCUT2D eigenvalue weighted by Crippen LogP contribution is 2.31. The van der Waals surface area contributed by atoms with Gasteiger partial charge in [-0.2, -0.15) is 0 Å². The van der Waals surface area contributed by atoms with Crippen molar-refractivity contribution >= 4 is 27.9 Å². The van der Waals surface area contributed by atoms with Crippen LogP contribution in [0.25, 0.3) is 33.3 Å². The Bertz CT molecular complexity index is 1280. The first kappa shape index (κ1) is 17.3. The number of rotatable bonds is 5. The van der Waals surface area contributed by atoms with E-state index in [0.29, 0.717) is 0 Å². The smallest absolute Gasteiger partial charge is 0.154 e. The Morgan fingerprint density at radius 3 is 2.45 bits per heavy atom. The highest BCUT2D eigenvalue weighted by molar-refractivity contribution is 5.85. The molecule has 29 heavy (non-hydrogen) atoms. The number of benzene rings is 2. The monoisotopic (exact) mass is 380 g/mol. The number of hydrogen-bond acceptors (Lipinski definition) is 5. The van der Waals surface area contributed by atoms with Crippen LogP contribution in [-0.4, -0.2) is 24.9 Å². The minimum atomic E-state index is -0.0582. The lowest BCUT2D eigenvalue weighted by Gasteiger charge is -2.20. The standard InChI is InChI=1S/C23H20N6/c1-2-16(29-23-22-19(12-13-24-23)25-14-26-22)21-20(15-8-4-3-5-9-15)27-17-10-6-7-11-18(17)28-21/h3-14,16H,2H2,1H3,(H,24,29)(H,25,26). The van der Waals surface area contributed by atoms with Gasteiger partial charge >= 0.3 is 0 Å². The van der Waals surface area contributed by atoms with Gasteiger partial charge in [0.25, 0.3) is 0 Å². The zero-order valence-corrected chi connectivity index (χ0v) is 16.0. The summed E-state index contributed by atoms with van der Waals surface area (Å²) in [4.78, 5) is 22.0. The lowest BCUT2D eigenvalue weighted by molar-refractivity contribution is 0.722. The third-order valence-electron chi connectivity index (χ3n) is 5.03. The maximum absolute atomic E-state index is 5.01. The summed E-state index contributed by atoms with van der Waals surface area (Å²) in [7, 11) is 0. The fraction of sp³-hybridized carbons (Fsp3) is 0.130. The number of aromatic amines is 1. The van der Waals surface area contributed by atoms with Crippen molar-refractivity contribution in [3.63, 3.8) is 0 Å². The second-order valence-electron chi connectivity index (χ2n) is 6.88. The van der Waals surface area contributed by atoms with Crippen molar-refractivity contribution in [1.29, 1.82) is 0 Å². The third-order valence-corrected chi connectivity index (χ3v) is 5.03. The van der Waals surface area contributed by atoms with Gasteiger partial charge in [0.15, 0.2) is 5.82 Å². The van der Waals surface area contributed by atoms with Crippen molar-refractivity contribution in [2.24, 2.45) is 0 Å². The molecule has 0 saturated heterocycles. The molecule has 0 aliphatic carbocycles. The van der Waals surface area contributed by atoms with E-state index in [-0.39, 0.29) is 6.04 Å². The molecule has 0 spiro atoms. The van der Waals surface area contributed by atoms with Gasteiger partial charge in [0, 0.05) is 11.8 Å². The first-order chi connectivity index (χ1) is 14.3. The normalized spacial score (nSPS) is 12.3. The molecule has 6 nitrogen and oxygen atoms in total. The lowest BCUT2D eigenvalue weighted by Crippen LogP contribution is -2.15. The molecule has 1 atom stereocenters. The van der Waals surface area contributed by atoms with Gasteiger partial charge in [0.1, 0.15) is 5.52 Å². The largest absolute Gasteiger partial charge is 0.360 e. The SMILES string of the molecule is CCC(Nc1nccc2[nH]cnc12)c1nc2ccccc2nc1-c1ccccc1. The van der Waals surface area contributed by atoms with E-state index in [9.17, 15) is 0 Å². The molecule has 3 aromatic heterocycles. The van der Waals surface area contributed by atoms with Gasteiger partial charge in [-0.3, -0.25) is 0 Å². The molecule has 0 aliphatic heterocycles. The molecule has 0 fully saturated rings. The van der Waals surface area contributed by atoms with Crippen LogP contribution in [0.1, 0.15) is 25.1 Å². The highest BCUT2D eigenvalue weighted by atomic mass is 15.1. The zero-order chi connectivity index (χ0) is 19.6. The molecule has 0 aliphatic rings. The number of fused-ring (bicyclic) bond motifs is 2. The van der Waals surface area contributed by atoms with Crippen molar-refractivity contribution in [3.8, 4) is 11.3 Å². The van der Waals surface area contributed by atoms with Gasteiger partial charge in [-0.15, -0.1) is 0 Å². The Labute approximate surface area is 168 Å². The zero-order valence-electron chi connectivity index (χ0n) is 16.0. The molecule has 3 heterocycles. The Morgan fingerprint density at radius 1 is 0.897 bits per heavy atom. The van der Waals surface area contributed by atoms with Crippen LogP contribution in [0, 0.1) is 0 Å². The van der Waals surface area contributed by atoms with Crippen LogP contribution in [0.15, 0.2) is 73.2 Å². The molecular formula is C23H20N6. The van der Waals surface area contributed by atoms with Crippen molar-refractivity contribution in [2.75, 3.05) is 5.32 Å². The first-order valence-corrected chi connectivity index (χ1v) is 9.70. The molecule has 0 bridgehead atoms. The van der Waals surface area contributed by atoms with Gasteiger partial charge in [0.05, 0.1) is 40.3 Å². The number of H-pyrrole nitrogens is 1. The predicted octanol–water partition coefficient (Wildman–Crippen LogP) is 5.13. The number of nitrogens with zero attached hydrogens (tertiary/aromatic N) is 4. The topological polar surface area (TPSA) is 79.4 Å². The van der Waals surface area contributed by atoms with Gasteiger partial charge in [0.2, 0.25) is 0 Å². The van der Waals surface area contributed by atoms with Gasteiger partial charge in [-0.1, -0.05) is 49.4 Å². The van der Waals surface area contributed by atoms with E-state index in [1.165, 1.54) is 0 Å². The van der Waals surface area contributed by atoms with Crippen LogP contribution >= 0.6 is 0 Å². The molecule has 5 rings (SSSR count). The Hall–Kier alpha value is -3.80. The van der Waals surface area contributed by atoms with Crippen molar-refractivity contribution in [2.45, 2.75) is 19.4 Å². The average Bonchev–Trinajstić information content (AvgIpc) is 3.27. The third kappa shape index (κ3) is 3.18. The summed E-state index contributed by atoms with van der Waals surface area (Å²) in [5.41, 5.74) is 6.38. The number of imidazole rings is 1. The number of para-hydroxylation sites is 2. The molecule has 2 N–H and O–H groups in total. The van der Waals surface area contributed by atoms with Crippen molar-refractivity contribution < 1.29 is 0 Å². The summed E-state index contributed by atoms with van der Waals surface area (Å²) in [5, 5.41) is 3.55. The van der Waals surface area contributed by atoms with Crippen molar-refractivity contribution in [3.05, 3.63) is 78.9 Å². The van der Waals surface area contributed by atoms with E-state index in [1.807, 2.05) is 48.5 Å². The summed E-state index contributed by atoms with van der Waals surface area (Å²) in [6.07, 6.45) is 4.29. The minimum Gasteiger partial charge on any atom is -0.360 e. The lowest BCUT2D eigenvalue weighted by atomic mass is 10.0. The summed E-state index contributed by atoms with van der Waals surface area (Å²) in [6, 6.07) is 20.0. The van der Waals surface area contributed by atoms with E-state index in [1.54, 1.807) is 12.5 Å². The average molecular weight is 380 g/mol. The number of pyridine rings is 1. The maximum Gasteiger partial charge on any atom is 0.154 e. The molecule has 5 aromatic rings. The van der Waals surface area contributed by atoms with Gasteiger partial charge in [-0.05, 0) is 24.6 Å². The van der Waals surface area contributed by atoms with E-state index >= 15 is 0 Å². The molecular weight excluding hydrogens is 360 g/mol. The van der Waals surface area contributed by atoms with Crippen LogP contribution in [0.4, 0.5) is 5.82 Å². The Kier molecular flexibility index (Phi) is 4.37. The van der Waals surface area contributed by atoms with E-state index in [0.717, 1.165) is 51.3 Å². The van der Waals surface area contributed by atoms with Crippen LogP contribution in [-0.2, 0) is 0 Å². The number of nitrogens with one attached hydrogen (secondary N) is 2. The summed E-state index contributed by atoms with van der Waals surface area (Å²) >= 11 is 0. The number of aromatic nitrogens is 5. The molecule has 142 valence electrons. The summed E-state index contributed by atoms with van der Waals surface area (Å²) < 4.78 is 0. The number of anilines is 1. The van der Waals surface area contributed by atoms with Crippen LogP contribution < -0.4 is 5.32 Å². The molecule has 6 heteroatoms. The second kappa shape index (κ2) is 7.31. The van der Waals surface area contributed by atoms with Gasteiger partial charge in [-0.25, -0.2) is 19.9 Å². The first-order valence-electron chi connectivity index (χ1n) is 9.70. The summed E-state index contributed by atoms with van der Waals surface area (Å²) in [5.74, 6) is 0.740. The van der Waals surface area contributed by atoms with E-state index in [4.69, 9.17) is 9.97 Å². The molecule has 2 aromatic carbocycles. The Balaban J connectivity index is 1.66. The maximum atomic E-state index is 5.01. The molecule has 0 radical (unpaired) electrons. The second-order valence-corrected chi connectivity index (χ2v) is 6.88. The van der Waals surface area contributed by atoms with E-state index < -0.39 is 0 Å². The molecule has 0 amide bonds. The van der Waals surface area contributed by atoms with E-state index in [2.05, 4.69) is 39.3 Å². The Morgan fingerprint density at radius 2 is 1.66 bits per heavy atom. The molecule has 0 saturated carbocycles. The fourth-order valence-electron chi connectivity index (χ4n) is 3.57. The predicted molar refractivity (Wildman–Crippen MR) is 116 cm³/mol. The van der Waals surface area contributed by atoms with Crippen LogP contribution in [0.5, 0.6) is 0 Å². The summed E-state index contributed by atoms with van der Waals surface area (Å²) in [6.45, 7) is 2.13. The number of hydrogen-bond donors (Lipinski definition) is 2. The highest BCUT2D eigenvalue weighted by Gasteiger charge is 2.20.